The SMILES string of the molecule is COc1ccc(CN2CCOC2=O)cc1C#CCO. The second-order valence-electron chi connectivity index (χ2n) is 4.03. The Kier molecular flexibility index (Phi) is 4.26. The lowest BCUT2D eigenvalue weighted by Gasteiger charge is -2.13. The third-order valence-electron chi connectivity index (χ3n) is 2.78. The van der Waals surface area contributed by atoms with Gasteiger partial charge in [0.15, 0.2) is 0 Å². The molecule has 1 N–H and O–H groups in total. The lowest BCUT2D eigenvalue weighted by molar-refractivity contribution is 0.157. The lowest BCUT2D eigenvalue weighted by Crippen LogP contribution is -2.23. The molecule has 1 aliphatic heterocycles. The Balaban J connectivity index is 2.19. The molecule has 1 amide bonds. The van der Waals surface area contributed by atoms with Gasteiger partial charge in [0.2, 0.25) is 0 Å². The summed E-state index contributed by atoms with van der Waals surface area (Å²) in [5, 5.41) is 8.74. The minimum atomic E-state index is -0.293. The first kappa shape index (κ1) is 13.2. The van der Waals surface area contributed by atoms with E-state index in [1.165, 1.54) is 0 Å². The van der Waals surface area contributed by atoms with E-state index in [0.717, 1.165) is 5.56 Å². The van der Waals surface area contributed by atoms with E-state index in [-0.39, 0.29) is 12.7 Å². The number of ether oxygens (including phenoxy) is 2. The van der Waals surface area contributed by atoms with Crippen LogP contribution in [-0.4, -0.2) is 43.0 Å². The number of carbonyl (C=O) groups excluding carboxylic acids is 1. The Morgan fingerprint density at radius 3 is 3.00 bits per heavy atom. The number of aliphatic hydroxyl groups excluding tert-OH is 1. The summed E-state index contributed by atoms with van der Waals surface area (Å²) in [7, 11) is 1.57. The van der Waals surface area contributed by atoms with Crippen LogP contribution in [-0.2, 0) is 11.3 Å². The second kappa shape index (κ2) is 6.12. The van der Waals surface area contributed by atoms with Gasteiger partial charge < -0.3 is 19.5 Å². The Bertz CT molecular complexity index is 530. The van der Waals surface area contributed by atoms with E-state index in [2.05, 4.69) is 11.8 Å². The van der Waals surface area contributed by atoms with Gasteiger partial charge in [0, 0.05) is 6.54 Å². The van der Waals surface area contributed by atoms with E-state index in [4.69, 9.17) is 14.6 Å². The topological polar surface area (TPSA) is 59.0 Å². The van der Waals surface area contributed by atoms with Crippen LogP contribution in [0, 0.1) is 11.8 Å². The zero-order chi connectivity index (χ0) is 13.7. The van der Waals surface area contributed by atoms with E-state index in [1.54, 1.807) is 18.1 Å². The summed E-state index contributed by atoms with van der Waals surface area (Å²) in [6.45, 7) is 1.32. The van der Waals surface area contributed by atoms with Crippen molar-refractivity contribution in [1.82, 2.24) is 4.90 Å². The normalized spacial score (nSPS) is 13.8. The maximum Gasteiger partial charge on any atom is 0.410 e. The van der Waals surface area contributed by atoms with Gasteiger partial charge in [0.1, 0.15) is 19.0 Å². The first-order valence-corrected chi connectivity index (χ1v) is 5.93. The number of methoxy groups -OCH3 is 1. The molecule has 1 fully saturated rings. The smallest absolute Gasteiger partial charge is 0.410 e. The van der Waals surface area contributed by atoms with E-state index in [9.17, 15) is 4.79 Å². The fourth-order valence-corrected chi connectivity index (χ4v) is 1.88. The van der Waals surface area contributed by atoms with E-state index < -0.39 is 0 Å². The maximum absolute atomic E-state index is 11.4. The van der Waals surface area contributed by atoms with Gasteiger partial charge in [-0.15, -0.1) is 0 Å². The molecule has 1 aromatic rings. The number of amides is 1. The summed E-state index contributed by atoms with van der Waals surface area (Å²) in [6, 6.07) is 5.54. The van der Waals surface area contributed by atoms with Crippen molar-refractivity contribution in [3.63, 3.8) is 0 Å². The first-order valence-electron chi connectivity index (χ1n) is 5.93. The number of carbonyl (C=O) groups is 1. The molecule has 0 bridgehead atoms. The molecule has 0 saturated carbocycles. The summed E-state index contributed by atoms with van der Waals surface area (Å²) in [5.41, 5.74) is 1.64. The number of aliphatic hydroxyl groups is 1. The minimum Gasteiger partial charge on any atom is -0.495 e. The molecule has 1 aliphatic rings. The number of nitrogens with zero attached hydrogens (tertiary/aromatic N) is 1. The number of benzene rings is 1. The first-order chi connectivity index (χ1) is 9.24. The van der Waals surface area contributed by atoms with Crippen LogP contribution in [0.25, 0.3) is 0 Å². The predicted octanol–water partition coefficient (Wildman–Crippen LogP) is 0.991. The Labute approximate surface area is 111 Å². The molecule has 0 aromatic heterocycles. The fourth-order valence-electron chi connectivity index (χ4n) is 1.88. The highest BCUT2D eigenvalue weighted by Gasteiger charge is 2.21. The van der Waals surface area contributed by atoms with Crippen molar-refractivity contribution in [3.8, 4) is 17.6 Å². The highest BCUT2D eigenvalue weighted by atomic mass is 16.6. The average Bonchev–Trinajstić information content (AvgIpc) is 2.82. The Hall–Kier alpha value is -2.19. The molecule has 0 aliphatic carbocycles. The van der Waals surface area contributed by atoms with Gasteiger partial charge in [-0.25, -0.2) is 4.79 Å². The van der Waals surface area contributed by atoms with Crippen molar-refractivity contribution in [2.75, 3.05) is 26.9 Å². The molecule has 0 unspecified atom stereocenters. The van der Waals surface area contributed by atoms with Crippen LogP contribution in [0.3, 0.4) is 0 Å². The van der Waals surface area contributed by atoms with Crippen molar-refractivity contribution in [3.05, 3.63) is 29.3 Å². The van der Waals surface area contributed by atoms with Gasteiger partial charge in [0.25, 0.3) is 0 Å². The van der Waals surface area contributed by atoms with Crippen molar-refractivity contribution in [2.45, 2.75) is 6.54 Å². The lowest BCUT2D eigenvalue weighted by atomic mass is 10.1. The molecule has 100 valence electrons. The highest BCUT2D eigenvalue weighted by Crippen LogP contribution is 2.20. The molecule has 2 rings (SSSR count). The van der Waals surface area contributed by atoms with Crippen molar-refractivity contribution < 1.29 is 19.4 Å². The van der Waals surface area contributed by atoms with Gasteiger partial charge in [0.05, 0.1) is 19.2 Å². The van der Waals surface area contributed by atoms with Gasteiger partial charge in [-0.2, -0.15) is 0 Å². The molecule has 1 heterocycles. The molecule has 5 nitrogen and oxygen atoms in total. The van der Waals surface area contributed by atoms with Crippen molar-refractivity contribution >= 4 is 6.09 Å². The molecule has 0 spiro atoms. The number of hydrogen-bond donors (Lipinski definition) is 1. The summed E-state index contributed by atoms with van der Waals surface area (Å²) in [5.74, 6) is 6.07. The van der Waals surface area contributed by atoms with Crippen LogP contribution >= 0.6 is 0 Å². The molecule has 1 saturated heterocycles. The van der Waals surface area contributed by atoms with Crippen LogP contribution < -0.4 is 4.74 Å². The number of cyclic esters (lactones) is 1. The van der Waals surface area contributed by atoms with Gasteiger partial charge >= 0.3 is 6.09 Å². The third-order valence-corrected chi connectivity index (χ3v) is 2.78. The van der Waals surface area contributed by atoms with E-state index >= 15 is 0 Å². The molecule has 5 heteroatoms. The molecular formula is C14H15NO4. The predicted molar refractivity (Wildman–Crippen MR) is 68.7 cm³/mol. The third kappa shape index (κ3) is 3.18. The number of rotatable bonds is 3. The Morgan fingerprint density at radius 2 is 2.37 bits per heavy atom. The second-order valence-corrected chi connectivity index (χ2v) is 4.03. The largest absolute Gasteiger partial charge is 0.495 e. The zero-order valence-corrected chi connectivity index (χ0v) is 10.7. The van der Waals surface area contributed by atoms with Crippen molar-refractivity contribution in [2.24, 2.45) is 0 Å². The average molecular weight is 261 g/mol. The summed E-state index contributed by atoms with van der Waals surface area (Å²) in [4.78, 5) is 13.0. The van der Waals surface area contributed by atoms with Crippen LogP contribution in [0.1, 0.15) is 11.1 Å². The van der Waals surface area contributed by atoms with E-state index in [0.29, 0.717) is 31.0 Å². The van der Waals surface area contributed by atoms with Crippen LogP contribution in [0.15, 0.2) is 18.2 Å². The summed E-state index contributed by atoms with van der Waals surface area (Å²) in [6.07, 6.45) is -0.293. The summed E-state index contributed by atoms with van der Waals surface area (Å²) < 4.78 is 10.1. The molecule has 0 radical (unpaired) electrons. The molecule has 1 aromatic carbocycles. The Morgan fingerprint density at radius 1 is 1.53 bits per heavy atom. The van der Waals surface area contributed by atoms with Gasteiger partial charge in [-0.1, -0.05) is 17.9 Å². The molecular weight excluding hydrogens is 246 g/mol. The standard InChI is InChI=1S/C14H15NO4/c1-18-13-5-4-11(9-12(13)3-2-7-16)10-15-6-8-19-14(15)17/h4-5,9,16H,6-8,10H2,1H3. The number of hydrogen-bond acceptors (Lipinski definition) is 4. The van der Waals surface area contributed by atoms with Gasteiger partial charge in [-0.05, 0) is 17.7 Å². The summed E-state index contributed by atoms with van der Waals surface area (Å²) >= 11 is 0. The molecule has 19 heavy (non-hydrogen) atoms. The minimum absolute atomic E-state index is 0.203. The van der Waals surface area contributed by atoms with Gasteiger partial charge in [-0.3, -0.25) is 0 Å². The molecule has 0 atom stereocenters. The maximum atomic E-state index is 11.4. The fraction of sp³-hybridized carbons (Fsp3) is 0.357. The van der Waals surface area contributed by atoms with Crippen LogP contribution in [0.4, 0.5) is 4.79 Å². The van der Waals surface area contributed by atoms with E-state index in [1.807, 2.05) is 12.1 Å². The monoisotopic (exact) mass is 261 g/mol. The van der Waals surface area contributed by atoms with Crippen molar-refractivity contribution in [1.29, 1.82) is 0 Å². The zero-order valence-electron chi connectivity index (χ0n) is 10.7. The highest BCUT2D eigenvalue weighted by molar-refractivity contribution is 5.69. The van der Waals surface area contributed by atoms with Crippen LogP contribution in [0.2, 0.25) is 0 Å². The van der Waals surface area contributed by atoms with Crippen LogP contribution in [0.5, 0.6) is 5.75 Å². The quantitative estimate of drug-likeness (QED) is 0.824.